The van der Waals surface area contributed by atoms with Crippen molar-refractivity contribution in [3.63, 3.8) is 0 Å². The Hall–Kier alpha value is -3.00. The molecule has 1 unspecified atom stereocenters. The summed E-state index contributed by atoms with van der Waals surface area (Å²) < 4.78 is 4.72. The van der Waals surface area contributed by atoms with Gasteiger partial charge < -0.3 is 19.6 Å². The van der Waals surface area contributed by atoms with E-state index in [4.69, 9.17) is 4.74 Å². The van der Waals surface area contributed by atoms with Crippen LogP contribution in [0.4, 0.5) is 5.82 Å². The van der Waals surface area contributed by atoms with Gasteiger partial charge in [0.25, 0.3) is 5.91 Å². The first-order valence-electron chi connectivity index (χ1n) is 10.2. The van der Waals surface area contributed by atoms with E-state index in [1.165, 1.54) is 13.3 Å². The largest absolute Gasteiger partial charge is 0.465 e. The molecule has 158 valence electrons. The highest BCUT2D eigenvalue weighted by molar-refractivity contribution is 5.94. The van der Waals surface area contributed by atoms with Crippen molar-refractivity contribution >= 4 is 17.7 Å². The number of pyridine rings is 2. The maximum absolute atomic E-state index is 12.9. The van der Waals surface area contributed by atoms with Gasteiger partial charge in [0.2, 0.25) is 0 Å². The summed E-state index contributed by atoms with van der Waals surface area (Å²) in [5.41, 5.74) is 0.876. The van der Waals surface area contributed by atoms with Crippen LogP contribution in [0.25, 0.3) is 0 Å². The van der Waals surface area contributed by atoms with E-state index < -0.39 is 12.1 Å². The smallest absolute Gasteiger partial charge is 0.339 e. The molecular formula is C22H26N4O4. The highest BCUT2D eigenvalue weighted by atomic mass is 16.5. The molecule has 1 N–H and O–H groups in total. The number of esters is 1. The second-order valence-electron chi connectivity index (χ2n) is 8.17. The van der Waals surface area contributed by atoms with Gasteiger partial charge in [-0.25, -0.2) is 9.78 Å². The molecule has 2 saturated heterocycles. The second-order valence-corrected chi connectivity index (χ2v) is 8.17. The summed E-state index contributed by atoms with van der Waals surface area (Å²) in [5.74, 6) is 0.335. The van der Waals surface area contributed by atoms with Crippen molar-refractivity contribution in [2.45, 2.75) is 25.4 Å². The molecule has 4 rings (SSSR count). The SMILES string of the molecule is COC(=O)c1ccc(N2CCC3(CC2)CC(O)CN(C(=O)c2cccnc2)C3)nc1. The highest BCUT2D eigenvalue weighted by Crippen LogP contribution is 2.41. The average molecular weight is 410 g/mol. The molecule has 2 aromatic heterocycles. The van der Waals surface area contributed by atoms with Crippen LogP contribution in [0.3, 0.4) is 0 Å². The van der Waals surface area contributed by atoms with Gasteiger partial charge in [0.1, 0.15) is 5.82 Å². The fourth-order valence-corrected chi connectivity index (χ4v) is 4.56. The monoisotopic (exact) mass is 410 g/mol. The Morgan fingerprint density at radius 3 is 2.60 bits per heavy atom. The zero-order valence-corrected chi connectivity index (χ0v) is 17.0. The minimum absolute atomic E-state index is 0.0799. The van der Waals surface area contributed by atoms with E-state index in [9.17, 15) is 14.7 Å². The van der Waals surface area contributed by atoms with Gasteiger partial charge in [0.15, 0.2) is 0 Å². The Morgan fingerprint density at radius 2 is 1.97 bits per heavy atom. The van der Waals surface area contributed by atoms with Crippen molar-refractivity contribution in [3.05, 3.63) is 54.0 Å². The average Bonchev–Trinajstić information content (AvgIpc) is 2.79. The first-order valence-corrected chi connectivity index (χ1v) is 10.2. The van der Waals surface area contributed by atoms with Crippen molar-refractivity contribution < 1.29 is 19.4 Å². The molecule has 0 aliphatic carbocycles. The molecule has 8 heteroatoms. The van der Waals surface area contributed by atoms with Crippen LogP contribution in [-0.2, 0) is 4.74 Å². The predicted octanol–water partition coefficient (Wildman–Crippen LogP) is 1.76. The predicted molar refractivity (Wildman–Crippen MR) is 110 cm³/mol. The Bertz CT molecular complexity index is 895. The number of hydrogen-bond acceptors (Lipinski definition) is 7. The Labute approximate surface area is 175 Å². The molecule has 0 bridgehead atoms. The first-order chi connectivity index (χ1) is 14.5. The molecule has 2 aliphatic rings. The molecule has 2 aliphatic heterocycles. The van der Waals surface area contributed by atoms with E-state index in [1.807, 2.05) is 6.07 Å². The molecule has 1 atom stereocenters. The summed E-state index contributed by atoms with van der Waals surface area (Å²) in [5, 5.41) is 10.5. The second kappa shape index (κ2) is 8.39. The number of β-amino-alcohol motifs (C(OH)–C–C–N with tert-alkyl or cyclic N) is 1. The van der Waals surface area contributed by atoms with Gasteiger partial charge in [-0.2, -0.15) is 0 Å². The fraction of sp³-hybridized carbons (Fsp3) is 0.455. The number of likely N-dealkylation sites (tertiary alicyclic amines) is 1. The lowest BCUT2D eigenvalue weighted by Crippen LogP contribution is -2.55. The quantitative estimate of drug-likeness (QED) is 0.770. The van der Waals surface area contributed by atoms with Crippen molar-refractivity contribution in [3.8, 4) is 0 Å². The zero-order valence-electron chi connectivity index (χ0n) is 17.0. The van der Waals surface area contributed by atoms with Crippen LogP contribution in [0.5, 0.6) is 0 Å². The third kappa shape index (κ3) is 4.14. The lowest BCUT2D eigenvalue weighted by molar-refractivity contribution is -0.0150. The number of ether oxygens (including phenoxy) is 1. The van der Waals surface area contributed by atoms with Gasteiger partial charge in [-0.1, -0.05) is 0 Å². The number of rotatable bonds is 3. The Balaban J connectivity index is 1.42. The zero-order chi connectivity index (χ0) is 21.1. The van der Waals surface area contributed by atoms with Gasteiger partial charge in [0.05, 0.1) is 24.3 Å². The number of aliphatic hydroxyl groups excluding tert-OH is 1. The van der Waals surface area contributed by atoms with Gasteiger partial charge in [0, 0.05) is 44.8 Å². The number of aliphatic hydroxyl groups is 1. The number of aromatic nitrogens is 2. The van der Waals surface area contributed by atoms with Crippen LogP contribution in [0, 0.1) is 5.41 Å². The van der Waals surface area contributed by atoms with E-state index in [1.54, 1.807) is 35.5 Å². The number of hydrogen-bond donors (Lipinski definition) is 1. The molecule has 0 aromatic carbocycles. The molecule has 1 spiro atoms. The summed E-state index contributed by atoms with van der Waals surface area (Å²) in [6.07, 6.45) is 6.65. The normalized spacial score (nSPS) is 20.8. The number of carbonyl (C=O) groups excluding carboxylic acids is 2. The summed E-state index contributed by atoms with van der Waals surface area (Å²) in [6.45, 7) is 2.56. The molecule has 1 amide bonds. The summed E-state index contributed by atoms with van der Waals surface area (Å²) in [4.78, 5) is 36.9. The van der Waals surface area contributed by atoms with Crippen molar-refractivity contribution in [2.75, 3.05) is 38.2 Å². The van der Waals surface area contributed by atoms with Gasteiger partial charge in [-0.05, 0) is 48.9 Å². The summed E-state index contributed by atoms with van der Waals surface area (Å²) in [6, 6.07) is 7.06. The van der Waals surface area contributed by atoms with Crippen molar-refractivity contribution in [1.29, 1.82) is 0 Å². The van der Waals surface area contributed by atoms with E-state index >= 15 is 0 Å². The minimum Gasteiger partial charge on any atom is -0.465 e. The Morgan fingerprint density at radius 1 is 1.17 bits per heavy atom. The van der Waals surface area contributed by atoms with Crippen molar-refractivity contribution in [2.24, 2.45) is 5.41 Å². The first kappa shape index (κ1) is 20.3. The summed E-state index contributed by atoms with van der Waals surface area (Å²) in [7, 11) is 1.35. The standard InChI is InChI=1S/C22H26N4O4/c1-30-21(29)17-4-5-19(24-13-17)25-9-6-22(7-10-25)11-18(27)14-26(15-22)20(28)16-3-2-8-23-12-16/h2-5,8,12-13,18,27H,6-7,9-11,14-15H2,1H3. The maximum atomic E-state index is 12.9. The van der Waals surface area contributed by atoms with E-state index in [-0.39, 0.29) is 11.3 Å². The number of nitrogens with zero attached hydrogens (tertiary/aromatic N) is 4. The van der Waals surface area contributed by atoms with E-state index in [2.05, 4.69) is 14.9 Å². The molecule has 0 radical (unpaired) electrons. The van der Waals surface area contributed by atoms with Gasteiger partial charge in [-0.15, -0.1) is 0 Å². The van der Waals surface area contributed by atoms with E-state index in [0.717, 1.165) is 31.7 Å². The fourth-order valence-electron chi connectivity index (χ4n) is 4.56. The Kier molecular flexibility index (Phi) is 5.67. The number of methoxy groups -OCH3 is 1. The molecule has 2 aromatic rings. The van der Waals surface area contributed by atoms with Crippen LogP contribution < -0.4 is 4.90 Å². The molecule has 8 nitrogen and oxygen atoms in total. The third-order valence-corrected chi connectivity index (χ3v) is 6.14. The molecular weight excluding hydrogens is 384 g/mol. The topological polar surface area (TPSA) is 95.9 Å². The maximum Gasteiger partial charge on any atom is 0.339 e. The van der Waals surface area contributed by atoms with Crippen LogP contribution >= 0.6 is 0 Å². The lowest BCUT2D eigenvalue weighted by Gasteiger charge is -2.49. The van der Waals surface area contributed by atoms with Crippen LogP contribution in [0.1, 0.15) is 40.0 Å². The van der Waals surface area contributed by atoms with Gasteiger partial charge in [-0.3, -0.25) is 9.78 Å². The van der Waals surface area contributed by atoms with Crippen molar-refractivity contribution in [1.82, 2.24) is 14.9 Å². The molecule has 0 saturated carbocycles. The summed E-state index contributed by atoms with van der Waals surface area (Å²) >= 11 is 0. The van der Waals surface area contributed by atoms with Crippen LogP contribution in [0.15, 0.2) is 42.9 Å². The highest BCUT2D eigenvalue weighted by Gasteiger charge is 2.43. The molecule has 30 heavy (non-hydrogen) atoms. The van der Waals surface area contributed by atoms with Crippen LogP contribution in [-0.4, -0.2) is 71.2 Å². The number of carbonyl (C=O) groups is 2. The van der Waals surface area contributed by atoms with E-state index in [0.29, 0.717) is 30.6 Å². The number of anilines is 1. The third-order valence-electron chi connectivity index (χ3n) is 6.14. The van der Waals surface area contributed by atoms with Crippen LogP contribution in [0.2, 0.25) is 0 Å². The number of piperidine rings is 2. The lowest BCUT2D eigenvalue weighted by atomic mass is 9.71. The number of amides is 1. The molecule has 2 fully saturated rings. The van der Waals surface area contributed by atoms with Gasteiger partial charge >= 0.3 is 5.97 Å². The minimum atomic E-state index is -0.525. The molecule has 4 heterocycles.